The molecule has 0 aliphatic heterocycles. The van der Waals surface area contributed by atoms with Crippen molar-refractivity contribution >= 4 is 11.5 Å². The average Bonchev–Trinajstić information content (AvgIpc) is 2.33. The summed E-state index contributed by atoms with van der Waals surface area (Å²) in [5.74, 6) is 0.196. The molecule has 2 heteroatoms. The standard InChI is InChI=1S/C17H25NO/c1-13(2)18-16(17(3,4)5)12-11-15(19)14-9-7-6-8-10-14/h6-10,13H,11-12H2,1-5H3. The molecule has 0 atom stereocenters. The van der Waals surface area contributed by atoms with E-state index < -0.39 is 0 Å². The number of hydrogen-bond acceptors (Lipinski definition) is 2. The van der Waals surface area contributed by atoms with Crippen molar-refractivity contribution in [2.24, 2.45) is 10.4 Å². The number of Topliss-reactive ketones (excluding diaryl/α,β-unsaturated/α-hetero) is 1. The summed E-state index contributed by atoms with van der Waals surface area (Å²) in [4.78, 5) is 16.8. The largest absolute Gasteiger partial charge is 0.294 e. The summed E-state index contributed by atoms with van der Waals surface area (Å²) in [5.41, 5.74) is 1.95. The normalized spacial score (nSPS) is 12.8. The minimum atomic E-state index is 0.0290. The molecule has 0 aliphatic rings. The van der Waals surface area contributed by atoms with Gasteiger partial charge in [0, 0.05) is 23.7 Å². The molecule has 0 N–H and O–H groups in total. The van der Waals surface area contributed by atoms with Crippen LogP contribution in [-0.2, 0) is 0 Å². The van der Waals surface area contributed by atoms with Gasteiger partial charge in [-0.1, -0.05) is 51.1 Å². The van der Waals surface area contributed by atoms with Gasteiger partial charge in [0.25, 0.3) is 0 Å². The summed E-state index contributed by atoms with van der Waals surface area (Å²) in [7, 11) is 0. The van der Waals surface area contributed by atoms with Crippen LogP contribution >= 0.6 is 0 Å². The maximum atomic E-state index is 12.1. The Hall–Kier alpha value is -1.44. The fourth-order valence-electron chi connectivity index (χ4n) is 1.95. The monoisotopic (exact) mass is 259 g/mol. The second-order valence-corrected chi connectivity index (χ2v) is 6.21. The van der Waals surface area contributed by atoms with Gasteiger partial charge in [-0.05, 0) is 25.7 Å². The van der Waals surface area contributed by atoms with E-state index >= 15 is 0 Å². The van der Waals surface area contributed by atoms with Crippen LogP contribution in [0, 0.1) is 5.41 Å². The zero-order valence-electron chi connectivity index (χ0n) is 12.7. The topological polar surface area (TPSA) is 29.4 Å². The van der Waals surface area contributed by atoms with Gasteiger partial charge in [0.15, 0.2) is 5.78 Å². The van der Waals surface area contributed by atoms with E-state index in [2.05, 4.69) is 39.6 Å². The van der Waals surface area contributed by atoms with Gasteiger partial charge >= 0.3 is 0 Å². The van der Waals surface area contributed by atoms with E-state index in [1.807, 2.05) is 30.3 Å². The van der Waals surface area contributed by atoms with Crippen molar-refractivity contribution in [3.63, 3.8) is 0 Å². The van der Waals surface area contributed by atoms with Crippen LogP contribution in [0.3, 0.4) is 0 Å². The van der Waals surface area contributed by atoms with Gasteiger partial charge in [-0.15, -0.1) is 0 Å². The molecule has 0 aromatic heterocycles. The number of aliphatic imine (C=N–C) groups is 1. The molecular formula is C17H25NO. The first-order valence-electron chi connectivity index (χ1n) is 6.96. The quantitative estimate of drug-likeness (QED) is 0.563. The summed E-state index contributed by atoms with van der Waals surface area (Å²) in [6, 6.07) is 9.76. The molecule has 104 valence electrons. The van der Waals surface area contributed by atoms with E-state index in [4.69, 9.17) is 0 Å². The number of carbonyl (C=O) groups is 1. The zero-order chi connectivity index (χ0) is 14.5. The predicted octanol–water partition coefficient (Wildman–Crippen LogP) is 4.55. The first-order chi connectivity index (χ1) is 8.80. The third-order valence-electron chi connectivity index (χ3n) is 2.96. The van der Waals surface area contributed by atoms with E-state index in [1.54, 1.807) is 0 Å². The number of rotatable bonds is 5. The van der Waals surface area contributed by atoms with E-state index in [0.717, 1.165) is 17.7 Å². The molecule has 1 aromatic carbocycles. The second kappa shape index (κ2) is 6.65. The van der Waals surface area contributed by atoms with Gasteiger partial charge in [-0.3, -0.25) is 9.79 Å². The Morgan fingerprint density at radius 3 is 2.16 bits per heavy atom. The fourth-order valence-corrected chi connectivity index (χ4v) is 1.95. The summed E-state index contributed by atoms with van der Waals surface area (Å²) in [5, 5.41) is 0. The van der Waals surface area contributed by atoms with Crippen molar-refractivity contribution in [3.8, 4) is 0 Å². The molecule has 0 heterocycles. The molecule has 0 unspecified atom stereocenters. The molecule has 0 aliphatic carbocycles. The Morgan fingerprint density at radius 1 is 1.11 bits per heavy atom. The van der Waals surface area contributed by atoms with E-state index in [9.17, 15) is 4.79 Å². The van der Waals surface area contributed by atoms with E-state index in [-0.39, 0.29) is 17.2 Å². The summed E-state index contributed by atoms with van der Waals surface area (Å²) < 4.78 is 0. The molecule has 0 radical (unpaired) electrons. The molecule has 0 fully saturated rings. The van der Waals surface area contributed by atoms with Crippen molar-refractivity contribution in [1.29, 1.82) is 0 Å². The van der Waals surface area contributed by atoms with E-state index in [0.29, 0.717) is 6.42 Å². The van der Waals surface area contributed by atoms with Crippen molar-refractivity contribution in [2.75, 3.05) is 0 Å². The predicted molar refractivity (Wildman–Crippen MR) is 82.0 cm³/mol. The number of ketones is 1. The smallest absolute Gasteiger partial charge is 0.163 e. The Balaban J connectivity index is 2.71. The maximum Gasteiger partial charge on any atom is 0.163 e. The first kappa shape index (κ1) is 15.6. The molecule has 0 saturated heterocycles. The third-order valence-corrected chi connectivity index (χ3v) is 2.96. The summed E-state index contributed by atoms with van der Waals surface area (Å²) in [6.45, 7) is 10.6. The van der Waals surface area contributed by atoms with Gasteiger partial charge in [0.2, 0.25) is 0 Å². The lowest BCUT2D eigenvalue weighted by Gasteiger charge is -2.22. The van der Waals surface area contributed by atoms with Crippen molar-refractivity contribution < 1.29 is 4.79 Å². The van der Waals surface area contributed by atoms with Crippen LogP contribution in [-0.4, -0.2) is 17.5 Å². The molecule has 2 nitrogen and oxygen atoms in total. The molecular weight excluding hydrogens is 234 g/mol. The zero-order valence-corrected chi connectivity index (χ0v) is 12.7. The molecule has 0 bridgehead atoms. The molecule has 0 amide bonds. The van der Waals surface area contributed by atoms with Crippen LogP contribution in [0.4, 0.5) is 0 Å². The van der Waals surface area contributed by atoms with Gasteiger partial charge in [0.1, 0.15) is 0 Å². The van der Waals surface area contributed by atoms with Gasteiger partial charge < -0.3 is 0 Å². The first-order valence-corrected chi connectivity index (χ1v) is 6.96. The fraction of sp³-hybridized carbons (Fsp3) is 0.529. The minimum absolute atomic E-state index is 0.0290. The van der Waals surface area contributed by atoms with E-state index in [1.165, 1.54) is 0 Å². The summed E-state index contributed by atoms with van der Waals surface area (Å²) in [6.07, 6.45) is 1.28. The Kier molecular flexibility index (Phi) is 5.46. The lowest BCUT2D eigenvalue weighted by atomic mass is 9.86. The SMILES string of the molecule is CC(C)N=C(CCC(=O)c1ccccc1)C(C)(C)C. The van der Waals surface area contributed by atoms with Crippen LogP contribution in [0.25, 0.3) is 0 Å². The average molecular weight is 259 g/mol. The highest BCUT2D eigenvalue weighted by Crippen LogP contribution is 2.21. The minimum Gasteiger partial charge on any atom is -0.294 e. The van der Waals surface area contributed by atoms with Crippen molar-refractivity contribution in [3.05, 3.63) is 35.9 Å². The third kappa shape index (κ3) is 5.37. The molecule has 1 aromatic rings. The molecule has 1 rings (SSSR count). The van der Waals surface area contributed by atoms with Crippen LogP contribution < -0.4 is 0 Å². The molecule has 19 heavy (non-hydrogen) atoms. The molecule has 0 spiro atoms. The van der Waals surface area contributed by atoms with Gasteiger partial charge in [-0.2, -0.15) is 0 Å². The van der Waals surface area contributed by atoms with Crippen LogP contribution in [0.15, 0.2) is 35.3 Å². The van der Waals surface area contributed by atoms with Crippen LogP contribution in [0.2, 0.25) is 0 Å². The highest BCUT2D eigenvalue weighted by atomic mass is 16.1. The second-order valence-electron chi connectivity index (χ2n) is 6.21. The highest BCUT2D eigenvalue weighted by molar-refractivity contribution is 5.99. The van der Waals surface area contributed by atoms with Crippen molar-refractivity contribution in [1.82, 2.24) is 0 Å². The summed E-state index contributed by atoms with van der Waals surface area (Å²) >= 11 is 0. The van der Waals surface area contributed by atoms with Gasteiger partial charge in [-0.25, -0.2) is 0 Å². The lowest BCUT2D eigenvalue weighted by molar-refractivity contribution is 0.0984. The van der Waals surface area contributed by atoms with Crippen molar-refractivity contribution in [2.45, 2.75) is 53.5 Å². The van der Waals surface area contributed by atoms with Crippen LogP contribution in [0.5, 0.6) is 0 Å². The maximum absolute atomic E-state index is 12.1. The van der Waals surface area contributed by atoms with Gasteiger partial charge in [0.05, 0.1) is 0 Å². The molecule has 0 saturated carbocycles. The Bertz CT molecular complexity index is 438. The highest BCUT2D eigenvalue weighted by Gasteiger charge is 2.20. The Morgan fingerprint density at radius 2 is 1.68 bits per heavy atom. The number of hydrogen-bond donors (Lipinski definition) is 0. The number of carbonyl (C=O) groups excluding carboxylic acids is 1. The Labute approximate surface area is 117 Å². The number of benzene rings is 1. The number of nitrogens with zero attached hydrogens (tertiary/aromatic N) is 1. The lowest BCUT2D eigenvalue weighted by Crippen LogP contribution is -2.23. The van der Waals surface area contributed by atoms with Crippen LogP contribution in [0.1, 0.15) is 57.8 Å².